The Bertz CT molecular complexity index is 282. The van der Waals surface area contributed by atoms with E-state index in [2.05, 4.69) is 6.92 Å². The number of likely N-dealkylation sites (N-methyl/N-ethyl adjacent to an activating group) is 1. The van der Waals surface area contributed by atoms with Crippen molar-refractivity contribution < 1.29 is 4.79 Å². The summed E-state index contributed by atoms with van der Waals surface area (Å²) in [5.41, 5.74) is 1.08. The number of carbonyl (C=O) groups is 1. The van der Waals surface area contributed by atoms with Gasteiger partial charge in [0, 0.05) is 13.6 Å². The van der Waals surface area contributed by atoms with Gasteiger partial charge in [-0.2, -0.15) is 0 Å². The van der Waals surface area contributed by atoms with E-state index in [1.807, 2.05) is 37.4 Å². The van der Waals surface area contributed by atoms with Gasteiger partial charge in [0.15, 0.2) is 0 Å². The molecule has 0 fully saturated rings. The third kappa shape index (κ3) is 3.21. The maximum atomic E-state index is 11.6. The first-order valence-corrected chi connectivity index (χ1v) is 5.02. The molecule has 1 amide bonds. The first-order valence-electron chi connectivity index (χ1n) is 5.02. The maximum Gasteiger partial charge on any atom is 0.226 e. The van der Waals surface area contributed by atoms with Crippen molar-refractivity contribution in [2.45, 2.75) is 19.8 Å². The van der Waals surface area contributed by atoms with Crippen LogP contribution in [0.5, 0.6) is 0 Å². The molecule has 2 heteroatoms. The van der Waals surface area contributed by atoms with Crippen molar-refractivity contribution >= 4 is 5.91 Å². The highest BCUT2D eigenvalue weighted by Gasteiger charge is 2.07. The summed E-state index contributed by atoms with van der Waals surface area (Å²) < 4.78 is 0. The van der Waals surface area contributed by atoms with E-state index in [0.717, 1.165) is 18.5 Å². The molecule has 1 aromatic rings. The van der Waals surface area contributed by atoms with Gasteiger partial charge in [0.25, 0.3) is 0 Å². The van der Waals surface area contributed by atoms with Gasteiger partial charge in [-0.1, -0.05) is 37.3 Å². The second-order valence-electron chi connectivity index (χ2n) is 3.48. The molecule has 0 saturated heterocycles. The minimum Gasteiger partial charge on any atom is -0.345 e. The van der Waals surface area contributed by atoms with Crippen LogP contribution in [-0.4, -0.2) is 24.4 Å². The van der Waals surface area contributed by atoms with Crippen molar-refractivity contribution in [3.8, 4) is 0 Å². The lowest BCUT2D eigenvalue weighted by molar-refractivity contribution is -0.129. The van der Waals surface area contributed by atoms with Crippen LogP contribution in [0.3, 0.4) is 0 Å². The van der Waals surface area contributed by atoms with E-state index < -0.39 is 0 Å². The highest BCUT2D eigenvalue weighted by atomic mass is 16.2. The van der Waals surface area contributed by atoms with Crippen LogP contribution in [0, 0.1) is 0 Å². The van der Waals surface area contributed by atoms with Gasteiger partial charge >= 0.3 is 0 Å². The molecule has 76 valence electrons. The fraction of sp³-hybridized carbons (Fsp3) is 0.417. The summed E-state index contributed by atoms with van der Waals surface area (Å²) in [6, 6.07) is 9.85. The molecule has 0 bridgehead atoms. The normalized spacial score (nSPS) is 9.86. The molecule has 2 nitrogen and oxygen atoms in total. The van der Waals surface area contributed by atoms with Crippen LogP contribution < -0.4 is 0 Å². The number of amides is 1. The fourth-order valence-electron chi connectivity index (χ4n) is 1.37. The molecule has 0 aliphatic carbocycles. The van der Waals surface area contributed by atoms with Gasteiger partial charge in [-0.05, 0) is 12.0 Å². The Balaban J connectivity index is 2.49. The number of carbonyl (C=O) groups excluding carboxylic acids is 1. The standard InChI is InChI=1S/C12H17NO/c1-3-9-13(2)12(14)10-11-7-5-4-6-8-11/h4-8H,3,9-10H2,1-2H3. The zero-order chi connectivity index (χ0) is 10.4. The van der Waals surface area contributed by atoms with E-state index in [9.17, 15) is 4.79 Å². The van der Waals surface area contributed by atoms with Crippen LogP contribution in [0.4, 0.5) is 0 Å². The highest BCUT2D eigenvalue weighted by Crippen LogP contribution is 2.02. The van der Waals surface area contributed by atoms with Gasteiger partial charge in [0.2, 0.25) is 5.91 Å². The molecule has 0 N–H and O–H groups in total. The first kappa shape index (κ1) is 10.8. The van der Waals surface area contributed by atoms with Gasteiger partial charge in [-0.25, -0.2) is 0 Å². The average Bonchev–Trinajstić information content (AvgIpc) is 2.19. The molecule has 0 heterocycles. The van der Waals surface area contributed by atoms with Crippen molar-refractivity contribution in [2.75, 3.05) is 13.6 Å². The van der Waals surface area contributed by atoms with Gasteiger partial charge in [0.05, 0.1) is 6.42 Å². The smallest absolute Gasteiger partial charge is 0.226 e. The molecule has 0 unspecified atom stereocenters. The molecule has 0 aromatic heterocycles. The summed E-state index contributed by atoms with van der Waals surface area (Å²) in [6.45, 7) is 2.91. The van der Waals surface area contributed by atoms with Crippen molar-refractivity contribution in [1.82, 2.24) is 4.90 Å². The Kier molecular flexibility index (Phi) is 4.17. The molecule has 0 saturated carbocycles. The lowest BCUT2D eigenvalue weighted by Gasteiger charge is -2.15. The number of hydrogen-bond acceptors (Lipinski definition) is 1. The molecule has 0 radical (unpaired) electrons. The zero-order valence-electron chi connectivity index (χ0n) is 8.86. The monoisotopic (exact) mass is 191 g/mol. The average molecular weight is 191 g/mol. The van der Waals surface area contributed by atoms with Crippen LogP contribution >= 0.6 is 0 Å². The van der Waals surface area contributed by atoms with Gasteiger partial charge in [-0.15, -0.1) is 0 Å². The summed E-state index contributed by atoms with van der Waals surface area (Å²) in [5, 5.41) is 0. The molecule has 14 heavy (non-hydrogen) atoms. The van der Waals surface area contributed by atoms with Gasteiger partial charge in [0.1, 0.15) is 0 Å². The zero-order valence-corrected chi connectivity index (χ0v) is 8.86. The summed E-state index contributed by atoms with van der Waals surface area (Å²) in [6.07, 6.45) is 1.52. The van der Waals surface area contributed by atoms with Crippen LogP contribution in [0.2, 0.25) is 0 Å². The van der Waals surface area contributed by atoms with Crippen molar-refractivity contribution in [3.63, 3.8) is 0 Å². The summed E-state index contributed by atoms with van der Waals surface area (Å²) in [4.78, 5) is 13.4. The van der Waals surface area contributed by atoms with Crippen molar-refractivity contribution in [3.05, 3.63) is 35.9 Å². The Hall–Kier alpha value is -1.31. The minimum absolute atomic E-state index is 0.193. The fourth-order valence-corrected chi connectivity index (χ4v) is 1.37. The molecule has 0 aliphatic heterocycles. The van der Waals surface area contributed by atoms with Crippen LogP contribution in [-0.2, 0) is 11.2 Å². The minimum atomic E-state index is 0.193. The highest BCUT2D eigenvalue weighted by molar-refractivity contribution is 5.78. The number of nitrogens with zero attached hydrogens (tertiary/aromatic N) is 1. The number of benzene rings is 1. The second kappa shape index (κ2) is 5.43. The quantitative estimate of drug-likeness (QED) is 0.713. The van der Waals surface area contributed by atoms with Crippen molar-refractivity contribution in [1.29, 1.82) is 0 Å². The second-order valence-corrected chi connectivity index (χ2v) is 3.48. The summed E-state index contributed by atoms with van der Waals surface area (Å²) >= 11 is 0. The van der Waals surface area contributed by atoms with Gasteiger partial charge in [-0.3, -0.25) is 4.79 Å². The van der Waals surface area contributed by atoms with E-state index >= 15 is 0 Å². The number of rotatable bonds is 4. The predicted octanol–water partition coefficient (Wildman–Crippen LogP) is 2.10. The maximum absolute atomic E-state index is 11.6. The summed E-state index contributed by atoms with van der Waals surface area (Å²) in [7, 11) is 1.86. The third-order valence-electron chi connectivity index (χ3n) is 2.18. The lowest BCUT2D eigenvalue weighted by Crippen LogP contribution is -2.28. The molecule has 0 atom stereocenters. The Morgan fingerprint density at radius 1 is 1.29 bits per heavy atom. The Morgan fingerprint density at radius 3 is 2.50 bits per heavy atom. The van der Waals surface area contributed by atoms with E-state index in [1.54, 1.807) is 4.90 Å². The number of hydrogen-bond donors (Lipinski definition) is 0. The van der Waals surface area contributed by atoms with Crippen LogP contribution in [0.25, 0.3) is 0 Å². The Labute approximate surface area is 85.5 Å². The molecule has 1 aromatic carbocycles. The van der Waals surface area contributed by atoms with Crippen LogP contribution in [0.15, 0.2) is 30.3 Å². The lowest BCUT2D eigenvalue weighted by atomic mass is 10.1. The molecular formula is C12H17NO. The predicted molar refractivity (Wildman–Crippen MR) is 58.1 cm³/mol. The van der Waals surface area contributed by atoms with E-state index in [-0.39, 0.29) is 5.91 Å². The van der Waals surface area contributed by atoms with E-state index in [4.69, 9.17) is 0 Å². The van der Waals surface area contributed by atoms with Gasteiger partial charge < -0.3 is 4.90 Å². The molecule has 0 aliphatic rings. The molecular weight excluding hydrogens is 174 g/mol. The topological polar surface area (TPSA) is 20.3 Å². The largest absolute Gasteiger partial charge is 0.345 e. The Morgan fingerprint density at radius 2 is 1.93 bits per heavy atom. The molecule has 1 rings (SSSR count). The van der Waals surface area contributed by atoms with E-state index in [1.165, 1.54) is 0 Å². The first-order chi connectivity index (χ1) is 6.74. The molecule has 0 spiro atoms. The van der Waals surface area contributed by atoms with E-state index in [0.29, 0.717) is 6.42 Å². The summed E-state index contributed by atoms with van der Waals surface area (Å²) in [5.74, 6) is 0.193. The SMILES string of the molecule is CCCN(C)C(=O)Cc1ccccc1. The van der Waals surface area contributed by atoms with Crippen molar-refractivity contribution in [2.24, 2.45) is 0 Å². The third-order valence-corrected chi connectivity index (χ3v) is 2.18. The van der Waals surface area contributed by atoms with Crippen LogP contribution in [0.1, 0.15) is 18.9 Å².